The maximum absolute atomic E-state index is 5.46. The van der Waals surface area contributed by atoms with Gasteiger partial charge in [-0.05, 0) is 36.4 Å². The number of hydrogen-bond donors (Lipinski definition) is 0. The topological polar surface area (TPSA) is 68.3 Å². The van der Waals surface area contributed by atoms with Crippen molar-refractivity contribution in [1.82, 2.24) is 4.98 Å². The van der Waals surface area contributed by atoms with Gasteiger partial charge in [0, 0.05) is 11.1 Å². The smallest absolute Gasteiger partial charge is 0.203 e. The van der Waals surface area contributed by atoms with Crippen molar-refractivity contribution in [2.75, 3.05) is 42.7 Å². The molecule has 0 bridgehead atoms. The number of nitrogens with zero attached hydrogens (tertiary/aromatic N) is 1. The molecule has 0 amide bonds. The SMILES string of the molecule is COc1cc(-c2cccc(-c3cc(OC)c(OC)c(OC)c3)n2)cc(OC)c1OC. The lowest BCUT2D eigenvalue weighted by Crippen LogP contribution is -1.97. The molecule has 0 saturated carbocycles. The van der Waals surface area contributed by atoms with E-state index in [9.17, 15) is 0 Å². The summed E-state index contributed by atoms with van der Waals surface area (Å²) in [5.74, 6) is 3.31. The Morgan fingerprint density at radius 2 is 0.833 bits per heavy atom. The highest BCUT2D eigenvalue weighted by molar-refractivity contribution is 5.73. The third-order valence-electron chi connectivity index (χ3n) is 4.67. The molecule has 3 aromatic rings. The molecular weight excluding hydrogens is 386 g/mol. The summed E-state index contributed by atoms with van der Waals surface area (Å²) in [5.41, 5.74) is 3.17. The fourth-order valence-electron chi connectivity index (χ4n) is 3.21. The predicted molar refractivity (Wildman–Crippen MR) is 114 cm³/mol. The molecule has 0 N–H and O–H groups in total. The van der Waals surface area contributed by atoms with Crippen molar-refractivity contribution >= 4 is 0 Å². The molecule has 2 aromatic carbocycles. The Balaban J connectivity index is 2.12. The Labute approximate surface area is 176 Å². The summed E-state index contributed by atoms with van der Waals surface area (Å²) in [6.07, 6.45) is 0. The second-order valence-electron chi connectivity index (χ2n) is 6.24. The van der Waals surface area contributed by atoms with E-state index in [2.05, 4.69) is 0 Å². The van der Waals surface area contributed by atoms with Crippen LogP contribution in [-0.2, 0) is 0 Å². The molecule has 0 atom stereocenters. The van der Waals surface area contributed by atoms with E-state index in [1.54, 1.807) is 42.7 Å². The molecule has 0 aliphatic heterocycles. The largest absolute Gasteiger partial charge is 0.493 e. The summed E-state index contributed by atoms with van der Waals surface area (Å²) >= 11 is 0. The number of rotatable bonds is 8. The van der Waals surface area contributed by atoms with Crippen LogP contribution >= 0.6 is 0 Å². The monoisotopic (exact) mass is 411 g/mol. The quantitative estimate of drug-likeness (QED) is 0.542. The molecule has 0 radical (unpaired) electrons. The van der Waals surface area contributed by atoms with Crippen LogP contribution in [0.15, 0.2) is 42.5 Å². The number of hydrogen-bond acceptors (Lipinski definition) is 7. The van der Waals surface area contributed by atoms with E-state index in [1.807, 2.05) is 42.5 Å². The van der Waals surface area contributed by atoms with E-state index in [1.165, 1.54) is 0 Å². The minimum Gasteiger partial charge on any atom is -0.493 e. The van der Waals surface area contributed by atoms with Crippen LogP contribution in [0.1, 0.15) is 0 Å². The van der Waals surface area contributed by atoms with Crippen molar-refractivity contribution in [1.29, 1.82) is 0 Å². The van der Waals surface area contributed by atoms with E-state index in [0.717, 1.165) is 22.5 Å². The van der Waals surface area contributed by atoms with Gasteiger partial charge in [-0.2, -0.15) is 0 Å². The first-order valence-electron chi connectivity index (χ1n) is 9.17. The Bertz CT molecular complexity index is 905. The van der Waals surface area contributed by atoms with Crippen molar-refractivity contribution in [2.24, 2.45) is 0 Å². The van der Waals surface area contributed by atoms with E-state index in [4.69, 9.17) is 33.4 Å². The predicted octanol–water partition coefficient (Wildman–Crippen LogP) is 4.47. The van der Waals surface area contributed by atoms with Gasteiger partial charge in [0.25, 0.3) is 0 Å². The van der Waals surface area contributed by atoms with Crippen molar-refractivity contribution in [3.05, 3.63) is 42.5 Å². The average molecular weight is 411 g/mol. The van der Waals surface area contributed by atoms with Crippen LogP contribution in [-0.4, -0.2) is 47.6 Å². The summed E-state index contributed by atoms with van der Waals surface area (Å²) < 4.78 is 32.7. The lowest BCUT2D eigenvalue weighted by atomic mass is 10.1. The number of ether oxygens (including phenoxy) is 6. The molecule has 0 fully saturated rings. The molecule has 1 heterocycles. The fraction of sp³-hybridized carbons (Fsp3) is 0.261. The van der Waals surface area contributed by atoms with Crippen molar-refractivity contribution in [2.45, 2.75) is 0 Å². The highest BCUT2D eigenvalue weighted by atomic mass is 16.5. The lowest BCUT2D eigenvalue weighted by Gasteiger charge is -2.15. The average Bonchev–Trinajstić information content (AvgIpc) is 2.81. The molecule has 7 heteroatoms. The molecule has 158 valence electrons. The lowest BCUT2D eigenvalue weighted by molar-refractivity contribution is 0.324. The normalized spacial score (nSPS) is 10.3. The number of methoxy groups -OCH3 is 6. The third kappa shape index (κ3) is 3.91. The first kappa shape index (κ1) is 21.1. The van der Waals surface area contributed by atoms with Crippen LogP contribution < -0.4 is 28.4 Å². The maximum Gasteiger partial charge on any atom is 0.203 e. The van der Waals surface area contributed by atoms with Gasteiger partial charge in [-0.1, -0.05) is 6.07 Å². The summed E-state index contributed by atoms with van der Waals surface area (Å²) in [5, 5.41) is 0. The van der Waals surface area contributed by atoms with Crippen LogP contribution in [0.5, 0.6) is 34.5 Å². The first-order valence-corrected chi connectivity index (χ1v) is 9.17. The molecule has 0 aliphatic carbocycles. The second-order valence-corrected chi connectivity index (χ2v) is 6.24. The molecule has 0 aliphatic rings. The Morgan fingerprint density at radius 3 is 1.10 bits per heavy atom. The minimum absolute atomic E-state index is 0.532. The van der Waals surface area contributed by atoms with E-state index >= 15 is 0 Å². The molecule has 7 nitrogen and oxygen atoms in total. The molecule has 0 saturated heterocycles. The van der Waals surface area contributed by atoms with Gasteiger partial charge >= 0.3 is 0 Å². The first-order chi connectivity index (χ1) is 14.6. The van der Waals surface area contributed by atoms with Gasteiger partial charge in [0.1, 0.15) is 0 Å². The van der Waals surface area contributed by atoms with Gasteiger partial charge in [0.05, 0.1) is 54.0 Å². The maximum atomic E-state index is 5.46. The third-order valence-corrected chi connectivity index (χ3v) is 4.67. The Hall–Kier alpha value is -3.61. The second kappa shape index (κ2) is 9.26. The van der Waals surface area contributed by atoms with Gasteiger partial charge in [-0.25, -0.2) is 4.98 Å². The highest BCUT2D eigenvalue weighted by Crippen LogP contribution is 2.43. The van der Waals surface area contributed by atoms with E-state index in [0.29, 0.717) is 34.5 Å². The van der Waals surface area contributed by atoms with Gasteiger partial charge in [-0.3, -0.25) is 0 Å². The van der Waals surface area contributed by atoms with E-state index < -0.39 is 0 Å². The highest BCUT2D eigenvalue weighted by Gasteiger charge is 2.17. The zero-order valence-corrected chi connectivity index (χ0v) is 17.9. The van der Waals surface area contributed by atoms with Gasteiger partial charge in [0.15, 0.2) is 23.0 Å². The molecule has 0 spiro atoms. The van der Waals surface area contributed by atoms with Crippen LogP contribution in [0, 0.1) is 0 Å². The van der Waals surface area contributed by atoms with Crippen LogP contribution in [0.4, 0.5) is 0 Å². The zero-order chi connectivity index (χ0) is 21.7. The van der Waals surface area contributed by atoms with Gasteiger partial charge in [-0.15, -0.1) is 0 Å². The van der Waals surface area contributed by atoms with Crippen LogP contribution in [0.2, 0.25) is 0 Å². The van der Waals surface area contributed by atoms with Crippen molar-refractivity contribution < 1.29 is 28.4 Å². The summed E-state index contributed by atoms with van der Waals surface area (Å²) in [6.45, 7) is 0. The molecule has 0 unspecified atom stereocenters. The number of benzene rings is 2. The zero-order valence-electron chi connectivity index (χ0n) is 17.9. The van der Waals surface area contributed by atoms with Crippen LogP contribution in [0.25, 0.3) is 22.5 Å². The number of pyridine rings is 1. The summed E-state index contributed by atoms with van der Waals surface area (Å²) in [4.78, 5) is 4.82. The van der Waals surface area contributed by atoms with Crippen LogP contribution in [0.3, 0.4) is 0 Å². The summed E-state index contributed by atoms with van der Waals surface area (Å²) in [7, 11) is 9.48. The van der Waals surface area contributed by atoms with Gasteiger partial charge < -0.3 is 28.4 Å². The van der Waals surface area contributed by atoms with Crippen molar-refractivity contribution in [3.63, 3.8) is 0 Å². The number of aromatic nitrogens is 1. The molecular formula is C23H25NO6. The molecule has 30 heavy (non-hydrogen) atoms. The minimum atomic E-state index is 0.532. The van der Waals surface area contributed by atoms with E-state index in [-0.39, 0.29) is 0 Å². The Kier molecular flexibility index (Phi) is 6.51. The standard InChI is InChI=1S/C23H25NO6/c1-25-18-10-14(11-19(26-2)22(18)29-5)16-8-7-9-17(24-16)15-12-20(27-3)23(30-6)21(13-15)28-4/h7-13H,1-6H3. The summed E-state index contributed by atoms with van der Waals surface area (Å²) in [6, 6.07) is 13.2. The molecule has 1 aromatic heterocycles. The molecule has 3 rings (SSSR count). The Morgan fingerprint density at radius 1 is 0.500 bits per heavy atom. The van der Waals surface area contributed by atoms with Gasteiger partial charge in [0.2, 0.25) is 11.5 Å². The fourth-order valence-corrected chi connectivity index (χ4v) is 3.21. The van der Waals surface area contributed by atoms with Crippen molar-refractivity contribution in [3.8, 4) is 57.0 Å².